The molecule has 1 N–H and O–H groups in total. The van der Waals surface area contributed by atoms with Crippen LogP contribution in [0.3, 0.4) is 0 Å². The lowest BCUT2D eigenvalue weighted by atomic mass is 9.80. The number of ether oxygens (including phenoxy) is 1. The number of hydrogen-bond donors (Lipinski definition) is 1. The van der Waals surface area contributed by atoms with E-state index in [2.05, 4.69) is 12.2 Å². The minimum Gasteiger partial charge on any atom is -0.381 e. The van der Waals surface area contributed by atoms with Crippen molar-refractivity contribution in [3.8, 4) is 0 Å². The molecule has 1 saturated heterocycles. The minimum atomic E-state index is -2.42. The topological polar surface area (TPSA) is 21.3 Å². The van der Waals surface area contributed by atoms with Crippen molar-refractivity contribution in [3.63, 3.8) is 0 Å². The molecule has 3 atom stereocenters. The predicted octanol–water partition coefficient (Wildman–Crippen LogP) is 3.22. The van der Waals surface area contributed by atoms with Crippen molar-refractivity contribution in [2.75, 3.05) is 19.8 Å². The largest absolute Gasteiger partial charge is 0.381 e. The van der Waals surface area contributed by atoms with Gasteiger partial charge in [0.1, 0.15) is 0 Å². The molecule has 3 unspecified atom stereocenters. The van der Waals surface area contributed by atoms with Crippen LogP contribution in [0.5, 0.6) is 0 Å². The Balaban J connectivity index is 1.87. The summed E-state index contributed by atoms with van der Waals surface area (Å²) in [5.74, 6) is -1.73. The molecule has 1 heterocycles. The van der Waals surface area contributed by atoms with Gasteiger partial charge in [0.2, 0.25) is 5.92 Å². The molecule has 1 saturated carbocycles. The van der Waals surface area contributed by atoms with Crippen molar-refractivity contribution in [3.05, 3.63) is 0 Å². The average molecular weight is 261 g/mol. The molecule has 0 aromatic heterocycles. The van der Waals surface area contributed by atoms with Gasteiger partial charge in [0.15, 0.2) is 0 Å². The number of nitrogens with one attached hydrogen (secondary N) is 1. The van der Waals surface area contributed by atoms with Gasteiger partial charge in [0.05, 0.1) is 6.61 Å². The average Bonchev–Trinajstić information content (AvgIpc) is 2.80. The lowest BCUT2D eigenvalue weighted by Crippen LogP contribution is -2.40. The molecule has 2 rings (SSSR count). The van der Waals surface area contributed by atoms with Gasteiger partial charge in [-0.3, -0.25) is 0 Å². The van der Waals surface area contributed by atoms with Crippen LogP contribution in [0.4, 0.5) is 8.78 Å². The van der Waals surface area contributed by atoms with E-state index in [4.69, 9.17) is 4.74 Å². The number of halogens is 2. The van der Waals surface area contributed by atoms with E-state index >= 15 is 0 Å². The fourth-order valence-corrected chi connectivity index (χ4v) is 3.41. The molecule has 1 aliphatic heterocycles. The Hall–Kier alpha value is -0.220. The molecule has 2 nitrogen and oxygen atoms in total. The second kappa shape index (κ2) is 6.29. The van der Waals surface area contributed by atoms with Gasteiger partial charge in [0.25, 0.3) is 0 Å². The van der Waals surface area contributed by atoms with Crippen molar-refractivity contribution in [2.24, 2.45) is 11.8 Å². The van der Waals surface area contributed by atoms with E-state index in [0.29, 0.717) is 18.4 Å². The number of rotatable bonds is 5. The van der Waals surface area contributed by atoms with Crippen LogP contribution in [0.25, 0.3) is 0 Å². The van der Waals surface area contributed by atoms with Crippen LogP contribution in [0, 0.1) is 11.8 Å². The Kier molecular flexibility index (Phi) is 4.96. The summed E-state index contributed by atoms with van der Waals surface area (Å²) in [5, 5.41) is 3.47. The molecule has 0 spiro atoms. The maximum atomic E-state index is 13.4. The number of hydrogen-bond acceptors (Lipinski definition) is 2. The highest BCUT2D eigenvalue weighted by Crippen LogP contribution is 2.39. The first-order valence-electron chi connectivity index (χ1n) is 7.29. The molecule has 0 radical (unpaired) electrons. The van der Waals surface area contributed by atoms with E-state index in [1.165, 1.54) is 0 Å². The quantitative estimate of drug-likeness (QED) is 0.820. The molecule has 2 aliphatic rings. The maximum Gasteiger partial charge on any atom is 0.248 e. The summed E-state index contributed by atoms with van der Waals surface area (Å²) in [6.45, 7) is 4.61. The van der Waals surface area contributed by atoms with Gasteiger partial charge in [-0.25, -0.2) is 8.78 Å². The van der Waals surface area contributed by atoms with Gasteiger partial charge in [0, 0.05) is 25.5 Å². The Morgan fingerprint density at radius 3 is 2.83 bits per heavy atom. The summed E-state index contributed by atoms with van der Waals surface area (Å²) in [6.07, 6.45) is 3.77. The van der Waals surface area contributed by atoms with Gasteiger partial charge in [-0.05, 0) is 44.1 Å². The van der Waals surface area contributed by atoms with Crippen molar-refractivity contribution < 1.29 is 13.5 Å². The summed E-state index contributed by atoms with van der Waals surface area (Å²) in [5.41, 5.74) is 0. The molecule has 106 valence electrons. The third-order valence-electron chi connectivity index (χ3n) is 4.33. The van der Waals surface area contributed by atoms with E-state index in [0.717, 1.165) is 39.0 Å². The van der Waals surface area contributed by atoms with Crippen molar-refractivity contribution in [1.82, 2.24) is 5.32 Å². The fraction of sp³-hybridized carbons (Fsp3) is 1.00. The SMILES string of the molecule is CCNC(CC1CCCC(F)(F)C1)C1CCOC1. The zero-order valence-electron chi connectivity index (χ0n) is 11.3. The van der Waals surface area contributed by atoms with E-state index in [1.54, 1.807) is 0 Å². The molecule has 0 aromatic carbocycles. The lowest BCUT2D eigenvalue weighted by Gasteiger charge is -2.33. The molecule has 18 heavy (non-hydrogen) atoms. The maximum absolute atomic E-state index is 13.4. The zero-order valence-corrected chi connectivity index (χ0v) is 11.3. The smallest absolute Gasteiger partial charge is 0.248 e. The molecule has 2 fully saturated rings. The molecule has 0 aromatic rings. The summed E-state index contributed by atoms with van der Waals surface area (Å²) < 4.78 is 32.3. The van der Waals surface area contributed by atoms with Gasteiger partial charge in [-0.2, -0.15) is 0 Å². The van der Waals surface area contributed by atoms with Gasteiger partial charge >= 0.3 is 0 Å². The fourth-order valence-electron chi connectivity index (χ4n) is 3.41. The second-order valence-electron chi connectivity index (χ2n) is 5.84. The van der Waals surface area contributed by atoms with E-state index in [1.807, 2.05) is 0 Å². The number of alkyl halides is 2. The Labute approximate surface area is 108 Å². The Bertz CT molecular complexity index is 254. The molecular formula is C14H25F2NO. The minimum absolute atomic E-state index is 0.0852. The molecule has 0 bridgehead atoms. The Morgan fingerprint density at radius 2 is 2.22 bits per heavy atom. The van der Waals surface area contributed by atoms with Crippen LogP contribution in [0.2, 0.25) is 0 Å². The summed E-state index contributed by atoms with van der Waals surface area (Å²) >= 11 is 0. The van der Waals surface area contributed by atoms with Gasteiger partial charge in [-0.15, -0.1) is 0 Å². The van der Waals surface area contributed by atoms with Crippen LogP contribution in [0.1, 0.15) is 45.4 Å². The first-order valence-corrected chi connectivity index (χ1v) is 7.29. The molecular weight excluding hydrogens is 236 g/mol. The van der Waals surface area contributed by atoms with Gasteiger partial charge < -0.3 is 10.1 Å². The predicted molar refractivity (Wildman–Crippen MR) is 67.9 cm³/mol. The second-order valence-corrected chi connectivity index (χ2v) is 5.84. The van der Waals surface area contributed by atoms with Gasteiger partial charge in [-0.1, -0.05) is 6.92 Å². The molecule has 0 amide bonds. The highest BCUT2D eigenvalue weighted by atomic mass is 19.3. The van der Waals surface area contributed by atoms with Crippen molar-refractivity contribution >= 4 is 0 Å². The highest BCUT2D eigenvalue weighted by molar-refractivity contribution is 4.85. The van der Waals surface area contributed by atoms with E-state index in [-0.39, 0.29) is 18.8 Å². The van der Waals surface area contributed by atoms with Crippen molar-refractivity contribution in [2.45, 2.75) is 57.4 Å². The first-order chi connectivity index (χ1) is 8.61. The zero-order chi connectivity index (χ0) is 13.0. The lowest BCUT2D eigenvalue weighted by molar-refractivity contribution is -0.0556. The van der Waals surface area contributed by atoms with Crippen LogP contribution in [-0.4, -0.2) is 31.7 Å². The first kappa shape index (κ1) is 14.2. The standard InChI is InChI=1S/C14H25F2NO/c1-2-17-13(12-5-7-18-10-12)8-11-4-3-6-14(15,16)9-11/h11-13,17H,2-10H2,1H3. The monoisotopic (exact) mass is 261 g/mol. The normalized spacial score (nSPS) is 33.5. The van der Waals surface area contributed by atoms with Crippen LogP contribution in [-0.2, 0) is 4.74 Å². The third-order valence-corrected chi connectivity index (χ3v) is 4.33. The third kappa shape index (κ3) is 3.89. The van der Waals surface area contributed by atoms with E-state index in [9.17, 15) is 8.78 Å². The van der Waals surface area contributed by atoms with Crippen LogP contribution in [0.15, 0.2) is 0 Å². The van der Waals surface area contributed by atoms with Crippen molar-refractivity contribution in [1.29, 1.82) is 0 Å². The summed E-state index contributed by atoms with van der Waals surface area (Å²) in [6, 6.07) is 0.358. The van der Waals surface area contributed by atoms with Crippen LogP contribution >= 0.6 is 0 Å². The Morgan fingerprint density at radius 1 is 1.39 bits per heavy atom. The molecule has 1 aliphatic carbocycles. The summed E-state index contributed by atoms with van der Waals surface area (Å²) in [4.78, 5) is 0. The highest BCUT2D eigenvalue weighted by Gasteiger charge is 2.38. The summed E-state index contributed by atoms with van der Waals surface area (Å²) in [7, 11) is 0. The van der Waals surface area contributed by atoms with E-state index < -0.39 is 5.92 Å². The molecule has 4 heteroatoms. The van der Waals surface area contributed by atoms with Crippen LogP contribution < -0.4 is 5.32 Å².